The third kappa shape index (κ3) is 3.20. The van der Waals surface area contributed by atoms with Crippen molar-refractivity contribution < 1.29 is 4.79 Å². The van der Waals surface area contributed by atoms with E-state index in [0.717, 1.165) is 70.1 Å². The molecule has 4 heterocycles. The Hall–Kier alpha value is -2.38. The maximum absolute atomic E-state index is 12.7. The van der Waals surface area contributed by atoms with Crippen molar-refractivity contribution in [3.8, 4) is 0 Å². The molecule has 158 valence electrons. The van der Waals surface area contributed by atoms with E-state index in [1.54, 1.807) is 11.3 Å². The number of hydrogen-bond donors (Lipinski definition) is 1. The molecule has 5 rings (SSSR count). The van der Waals surface area contributed by atoms with Crippen LogP contribution in [0.4, 0.5) is 11.5 Å². The van der Waals surface area contributed by atoms with Crippen LogP contribution in [0.25, 0.3) is 21.0 Å². The molecule has 0 saturated carbocycles. The molecule has 30 heavy (non-hydrogen) atoms. The summed E-state index contributed by atoms with van der Waals surface area (Å²) in [6.45, 7) is 11.5. The largest absolute Gasteiger partial charge is 0.371 e. The topological polar surface area (TPSA) is 51.7 Å². The molecule has 2 aliphatic rings. The van der Waals surface area contributed by atoms with Gasteiger partial charge >= 0.3 is 0 Å². The van der Waals surface area contributed by atoms with Crippen molar-refractivity contribution in [1.82, 2.24) is 15.2 Å². The molecule has 6 nitrogen and oxygen atoms in total. The minimum atomic E-state index is 0.0313. The summed E-state index contributed by atoms with van der Waals surface area (Å²) in [6, 6.07) is 9.28. The van der Waals surface area contributed by atoms with Crippen molar-refractivity contribution in [1.29, 1.82) is 0 Å². The lowest BCUT2D eigenvalue weighted by molar-refractivity contribution is 0.0949. The summed E-state index contributed by atoms with van der Waals surface area (Å²) in [6.07, 6.45) is 0. The smallest absolute Gasteiger partial charge is 0.263 e. The van der Waals surface area contributed by atoms with Crippen molar-refractivity contribution in [2.75, 3.05) is 49.6 Å². The molecule has 1 amide bonds. The van der Waals surface area contributed by atoms with E-state index in [9.17, 15) is 4.79 Å². The van der Waals surface area contributed by atoms with Crippen molar-refractivity contribution in [2.24, 2.45) is 0 Å². The number of rotatable bonds is 2. The van der Waals surface area contributed by atoms with Gasteiger partial charge in [0.25, 0.3) is 5.91 Å². The number of aromatic nitrogens is 1. The molecule has 0 spiro atoms. The Balaban J connectivity index is 1.56. The first-order valence-corrected chi connectivity index (χ1v) is 11.6. The molecule has 1 fully saturated rings. The zero-order valence-electron chi connectivity index (χ0n) is 18.1. The molecule has 1 aromatic carbocycles. The molecule has 1 saturated heterocycles. The highest BCUT2D eigenvalue weighted by molar-refractivity contribution is 7.21. The van der Waals surface area contributed by atoms with Gasteiger partial charge in [-0.3, -0.25) is 9.69 Å². The summed E-state index contributed by atoms with van der Waals surface area (Å²) < 4.78 is 1.14. The van der Waals surface area contributed by atoms with Gasteiger partial charge in [-0.25, -0.2) is 4.98 Å². The van der Waals surface area contributed by atoms with Gasteiger partial charge in [0.15, 0.2) is 0 Å². The Kier molecular flexibility index (Phi) is 4.82. The second kappa shape index (κ2) is 7.39. The molecule has 7 heteroatoms. The zero-order chi connectivity index (χ0) is 21.0. The van der Waals surface area contributed by atoms with E-state index in [1.165, 1.54) is 0 Å². The molecule has 0 aliphatic carbocycles. The number of anilines is 2. The highest BCUT2D eigenvalue weighted by Crippen LogP contribution is 2.43. The Morgan fingerprint density at radius 2 is 1.90 bits per heavy atom. The fourth-order valence-electron chi connectivity index (χ4n) is 4.77. The lowest BCUT2D eigenvalue weighted by Crippen LogP contribution is -2.49. The van der Waals surface area contributed by atoms with E-state index in [4.69, 9.17) is 4.98 Å². The monoisotopic (exact) mass is 423 g/mol. The van der Waals surface area contributed by atoms with Crippen molar-refractivity contribution in [2.45, 2.75) is 32.9 Å². The summed E-state index contributed by atoms with van der Waals surface area (Å²) in [5, 5.41) is 5.39. The molecular weight excluding hydrogens is 394 g/mol. The quantitative estimate of drug-likeness (QED) is 0.683. The summed E-state index contributed by atoms with van der Waals surface area (Å²) in [5.41, 5.74) is 2.04. The number of likely N-dealkylation sites (N-methyl/N-ethyl adjacent to an activating group) is 1. The number of piperazine rings is 1. The second-order valence-corrected chi connectivity index (χ2v) is 9.88. The highest BCUT2D eigenvalue weighted by atomic mass is 32.1. The minimum Gasteiger partial charge on any atom is -0.371 e. The summed E-state index contributed by atoms with van der Waals surface area (Å²) in [7, 11) is 2.08. The lowest BCUT2D eigenvalue weighted by Gasteiger charge is -2.37. The van der Waals surface area contributed by atoms with Crippen molar-refractivity contribution >= 4 is 49.7 Å². The third-order valence-electron chi connectivity index (χ3n) is 6.36. The number of nitrogens with one attached hydrogen (secondary N) is 1. The normalized spacial score (nSPS) is 20.7. The summed E-state index contributed by atoms with van der Waals surface area (Å²) in [5.74, 6) is 1.08. The highest BCUT2D eigenvalue weighted by Gasteiger charge is 2.28. The summed E-state index contributed by atoms with van der Waals surface area (Å²) in [4.78, 5) is 25.7. The van der Waals surface area contributed by atoms with E-state index in [2.05, 4.69) is 72.1 Å². The van der Waals surface area contributed by atoms with Crippen molar-refractivity contribution in [3.63, 3.8) is 0 Å². The fraction of sp³-hybridized carbons (Fsp3) is 0.478. The van der Waals surface area contributed by atoms with E-state index >= 15 is 0 Å². The third-order valence-corrected chi connectivity index (χ3v) is 7.51. The number of nitrogens with zero attached hydrogens (tertiary/aromatic N) is 4. The molecule has 0 radical (unpaired) electrons. The van der Waals surface area contributed by atoms with Crippen LogP contribution in [-0.4, -0.2) is 67.6 Å². The van der Waals surface area contributed by atoms with Gasteiger partial charge in [-0.2, -0.15) is 0 Å². The molecular formula is C23H29N5OS. The van der Waals surface area contributed by atoms with Crippen LogP contribution in [0.3, 0.4) is 0 Å². The van der Waals surface area contributed by atoms with Gasteiger partial charge in [0.05, 0.1) is 11.2 Å². The number of amides is 1. The zero-order valence-corrected chi connectivity index (χ0v) is 18.9. The van der Waals surface area contributed by atoms with Gasteiger partial charge in [-0.05, 0) is 45.0 Å². The average Bonchev–Trinajstić information content (AvgIpc) is 3.09. The van der Waals surface area contributed by atoms with Crippen LogP contribution in [0.15, 0.2) is 24.3 Å². The van der Waals surface area contributed by atoms with Crippen LogP contribution < -0.4 is 15.1 Å². The van der Waals surface area contributed by atoms with E-state index in [0.29, 0.717) is 6.04 Å². The number of benzene rings is 1. The SMILES string of the molecule is CC(C)N1CCN(c2ccc3c(ccc4sc5c(c43)N(C)C[C@@H](C)NC5=O)n2)CC1. The minimum absolute atomic E-state index is 0.0313. The number of thiophene rings is 1. The van der Waals surface area contributed by atoms with Crippen LogP contribution >= 0.6 is 11.3 Å². The Bertz CT molecular complexity index is 1120. The molecule has 3 aromatic rings. The van der Waals surface area contributed by atoms with Crippen LogP contribution in [0.5, 0.6) is 0 Å². The summed E-state index contributed by atoms with van der Waals surface area (Å²) >= 11 is 1.58. The Labute approximate surface area is 181 Å². The van der Waals surface area contributed by atoms with Crippen LogP contribution in [0.1, 0.15) is 30.4 Å². The first kappa shape index (κ1) is 19.6. The number of carbonyl (C=O) groups is 1. The standard InChI is InChI=1S/C23H29N5OS/c1-14(2)27-9-11-28(12-10-27)19-8-5-16-17(25-19)6-7-18-20(16)21-22(30-18)23(29)24-15(3)13-26(21)4/h5-8,14-15H,9-13H2,1-4H3,(H,24,29)/t15-/m1/s1. The average molecular weight is 424 g/mol. The van der Waals surface area contributed by atoms with Crippen LogP contribution in [0, 0.1) is 0 Å². The fourth-order valence-corrected chi connectivity index (χ4v) is 5.94. The van der Waals surface area contributed by atoms with E-state index in [1.807, 2.05) is 0 Å². The molecule has 1 atom stereocenters. The Morgan fingerprint density at radius 3 is 2.63 bits per heavy atom. The second-order valence-electron chi connectivity index (χ2n) is 8.83. The van der Waals surface area contributed by atoms with Gasteiger partial charge in [0.2, 0.25) is 0 Å². The maximum Gasteiger partial charge on any atom is 0.263 e. The maximum atomic E-state index is 12.7. The number of pyridine rings is 1. The van der Waals surface area contributed by atoms with Crippen molar-refractivity contribution in [3.05, 3.63) is 29.1 Å². The molecule has 1 N–H and O–H groups in total. The predicted octanol–water partition coefficient (Wildman–Crippen LogP) is 3.55. The van der Waals surface area contributed by atoms with E-state index < -0.39 is 0 Å². The molecule has 0 bridgehead atoms. The first-order valence-electron chi connectivity index (χ1n) is 10.8. The first-order chi connectivity index (χ1) is 14.4. The lowest BCUT2D eigenvalue weighted by atomic mass is 10.1. The van der Waals surface area contributed by atoms with Gasteiger partial charge in [-0.15, -0.1) is 11.3 Å². The number of carbonyl (C=O) groups excluding carboxylic acids is 1. The van der Waals surface area contributed by atoms with E-state index in [-0.39, 0.29) is 11.9 Å². The molecule has 2 aromatic heterocycles. The Morgan fingerprint density at radius 1 is 1.13 bits per heavy atom. The van der Waals surface area contributed by atoms with Gasteiger partial charge in [0, 0.05) is 67.3 Å². The molecule has 2 aliphatic heterocycles. The number of fused-ring (bicyclic) bond motifs is 5. The van der Waals surface area contributed by atoms with Gasteiger partial charge in [0.1, 0.15) is 10.7 Å². The van der Waals surface area contributed by atoms with Crippen LogP contribution in [0.2, 0.25) is 0 Å². The van der Waals surface area contributed by atoms with Crippen LogP contribution in [-0.2, 0) is 0 Å². The molecule has 0 unspecified atom stereocenters. The van der Waals surface area contributed by atoms with Gasteiger partial charge in [-0.1, -0.05) is 0 Å². The number of hydrogen-bond acceptors (Lipinski definition) is 6. The predicted molar refractivity (Wildman–Crippen MR) is 126 cm³/mol. The van der Waals surface area contributed by atoms with Gasteiger partial charge < -0.3 is 15.1 Å².